The normalized spacial score (nSPS) is 12.2. The van der Waals surface area contributed by atoms with Crippen LogP contribution in [-0.2, 0) is 32.1 Å². The number of benzene rings is 3. The van der Waals surface area contributed by atoms with Crippen LogP contribution >= 0.6 is 45.2 Å². The number of phenols is 2. The molecule has 38 heavy (non-hydrogen) atoms. The molecule has 0 aliphatic rings. The number of hydroxylamine groups is 2. The lowest BCUT2D eigenvalue weighted by Gasteiger charge is -2.29. The van der Waals surface area contributed by atoms with Crippen LogP contribution in [-0.4, -0.2) is 46.5 Å². The van der Waals surface area contributed by atoms with Crippen molar-refractivity contribution in [3.8, 4) is 23.0 Å². The number of hydrogen-bond donors (Lipinski definition) is 2. The highest BCUT2D eigenvalue weighted by Gasteiger charge is 2.44. The number of alkyl halides is 3. The number of halogens is 5. The Morgan fingerprint density at radius 2 is 1.45 bits per heavy atom. The third kappa shape index (κ3) is 8.10. The number of carbonyl (C=O) groups is 2. The summed E-state index contributed by atoms with van der Waals surface area (Å²) in [5.41, 5.74) is 0.902. The molecule has 3 rings (SSSR count). The minimum atomic E-state index is -5.30. The Bertz CT molecular complexity index is 1260. The van der Waals surface area contributed by atoms with Crippen LogP contribution in [0.2, 0.25) is 0 Å². The molecule has 0 amide bonds. The van der Waals surface area contributed by atoms with Gasteiger partial charge in [-0.15, -0.1) is 5.06 Å². The largest absolute Gasteiger partial charge is 0.508 e. The molecular weight excluding hydrogens is 737 g/mol. The Balaban J connectivity index is 1.88. The quantitative estimate of drug-likeness (QED) is 0.163. The summed E-state index contributed by atoms with van der Waals surface area (Å²) < 4.78 is 50.6. The van der Waals surface area contributed by atoms with Crippen molar-refractivity contribution >= 4 is 57.1 Å². The Morgan fingerprint density at radius 1 is 0.921 bits per heavy atom. The molecule has 0 aliphatic carbocycles. The van der Waals surface area contributed by atoms with Gasteiger partial charge in [-0.2, -0.15) is 13.2 Å². The summed E-state index contributed by atoms with van der Waals surface area (Å²) in [6, 6.07) is 13.8. The van der Waals surface area contributed by atoms with Crippen molar-refractivity contribution < 1.29 is 47.3 Å². The second-order valence-electron chi connectivity index (χ2n) is 7.84. The predicted octanol–water partition coefficient (Wildman–Crippen LogP) is 5.71. The number of nitrogens with zero attached hydrogens (tertiary/aromatic N) is 1. The maximum absolute atomic E-state index is 13.1. The number of esters is 1. The van der Waals surface area contributed by atoms with Gasteiger partial charge in [-0.3, -0.25) is 4.79 Å². The zero-order chi connectivity index (χ0) is 28.0. The van der Waals surface area contributed by atoms with Crippen molar-refractivity contribution in [1.82, 2.24) is 5.06 Å². The lowest BCUT2D eigenvalue weighted by Crippen LogP contribution is -2.46. The monoisotopic (exact) mass is 757 g/mol. The first kappa shape index (κ1) is 29.8. The summed E-state index contributed by atoms with van der Waals surface area (Å²) in [6.45, 7) is -0.382. The van der Waals surface area contributed by atoms with Crippen LogP contribution in [0.4, 0.5) is 13.2 Å². The second-order valence-corrected chi connectivity index (χ2v) is 10.2. The molecule has 0 aliphatic heterocycles. The van der Waals surface area contributed by atoms with Crippen molar-refractivity contribution in [2.45, 2.75) is 25.2 Å². The van der Waals surface area contributed by atoms with Gasteiger partial charge < -0.3 is 24.5 Å². The van der Waals surface area contributed by atoms with E-state index in [0.717, 1.165) is 7.11 Å². The van der Waals surface area contributed by atoms with E-state index in [9.17, 15) is 33.0 Å². The van der Waals surface area contributed by atoms with Gasteiger partial charge in [-0.1, -0.05) is 12.1 Å². The summed E-state index contributed by atoms with van der Waals surface area (Å²) in [4.78, 5) is 29.1. The van der Waals surface area contributed by atoms with E-state index in [2.05, 4.69) is 4.84 Å². The minimum Gasteiger partial charge on any atom is -0.508 e. The number of phenolic OH excluding ortho intramolecular Hbond substituents is 2. The highest BCUT2D eigenvalue weighted by Crippen LogP contribution is 2.30. The van der Waals surface area contributed by atoms with Crippen LogP contribution in [0.1, 0.15) is 11.1 Å². The fourth-order valence-electron chi connectivity index (χ4n) is 3.26. The molecule has 2 N–H and O–H groups in total. The van der Waals surface area contributed by atoms with Gasteiger partial charge in [0.2, 0.25) is 0 Å². The van der Waals surface area contributed by atoms with E-state index >= 15 is 0 Å². The zero-order valence-electron chi connectivity index (χ0n) is 19.5. The van der Waals surface area contributed by atoms with Crippen molar-refractivity contribution in [1.29, 1.82) is 0 Å². The number of ether oxygens (including phenoxy) is 2. The Hall–Kier alpha value is -2.79. The van der Waals surface area contributed by atoms with E-state index in [4.69, 9.17) is 9.47 Å². The van der Waals surface area contributed by atoms with Gasteiger partial charge in [0, 0.05) is 6.42 Å². The van der Waals surface area contributed by atoms with E-state index < -0.39 is 24.2 Å². The fourth-order valence-corrected chi connectivity index (χ4v) is 5.15. The highest BCUT2D eigenvalue weighted by atomic mass is 127. The fraction of sp³-hybridized carbons (Fsp3) is 0.200. The molecule has 0 spiro atoms. The van der Waals surface area contributed by atoms with E-state index in [1.54, 1.807) is 36.4 Å². The molecule has 0 fully saturated rings. The first-order chi connectivity index (χ1) is 17.9. The van der Waals surface area contributed by atoms with Gasteiger partial charge >= 0.3 is 18.1 Å². The summed E-state index contributed by atoms with van der Waals surface area (Å²) >= 11 is 3.77. The van der Waals surface area contributed by atoms with Gasteiger partial charge in [0.25, 0.3) is 0 Å². The third-order valence-corrected chi connectivity index (χ3v) is 6.74. The second kappa shape index (κ2) is 12.8. The lowest BCUT2D eigenvalue weighted by atomic mass is 10.0. The SMILES string of the molecule is COC(=O)[C@H](Cc1cc(I)c(O)c(I)c1)N(Cc1ccc(Oc2ccc(O)cc2)cc1)OC(=O)C(F)(F)F. The Morgan fingerprint density at radius 3 is 1.95 bits per heavy atom. The van der Waals surface area contributed by atoms with Gasteiger partial charge in [0.05, 0.1) is 20.8 Å². The number of carbonyl (C=O) groups excluding carboxylic acids is 2. The molecule has 0 aromatic heterocycles. The summed E-state index contributed by atoms with van der Waals surface area (Å²) in [5, 5.41) is 20.0. The van der Waals surface area contributed by atoms with E-state index in [1.807, 2.05) is 45.2 Å². The van der Waals surface area contributed by atoms with Crippen LogP contribution in [0.3, 0.4) is 0 Å². The van der Waals surface area contributed by atoms with Gasteiger partial charge in [-0.25, -0.2) is 4.79 Å². The Labute approximate surface area is 242 Å². The predicted molar refractivity (Wildman–Crippen MR) is 145 cm³/mol. The molecule has 0 radical (unpaired) electrons. The molecule has 13 heteroatoms. The minimum absolute atomic E-state index is 0.0273. The third-order valence-electron chi connectivity index (χ3n) is 5.09. The van der Waals surface area contributed by atoms with E-state index in [0.29, 0.717) is 34.8 Å². The van der Waals surface area contributed by atoms with Crippen molar-refractivity contribution in [3.05, 3.63) is 78.9 Å². The van der Waals surface area contributed by atoms with Crippen molar-refractivity contribution in [3.63, 3.8) is 0 Å². The van der Waals surface area contributed by atoms with Crippen LogP contribution < -0.4 is 4.74 Å². The van der Waals surface area contributed by atoms with Crippen molar-refractivity contribution in [2.75, 3.05) is 7.11 Å². The number of hydrogen-bond acceptors (Lipinski definition) is 8. The van der Waals surface area contributed by atoms with Gasteiger partial charge in [0.15, 0.2) is 0 Å². The number of aromatic hydroxyl groups is 2. The molecular formula is C25H20F3I2NO7. The van der Waals surface area contributed by atoms with Gasteiger partial charge in [0.1, 0.15) is 29.0 Å². The molecule has 3 aromatic carbocycles. The highest BCUT2D eigenvalue weighted by molar-refractivity contribution is 14.1. The molecule has 202 valence electrons. The average molecular weight is 757 g/mol. The van der Waals surface area contributed by atoms with Crippen molar-refractivity contribution in [2.24, 2.45) is 0 Å². The van der Waals surface area contributed by atoms with Crippen LogP contribution in [0.5, 0.6) is 23.0 Å². The topological polar surface area (TPSA) is 106 Å². The smallest absolute Gasteiger partial charge is 0.492 e. The molecule has 0 bridgehead atoms. The molecule has 0 heterocycles. The molecule has 1 atom stereocenters. The van der Waals surface area contributed by atoms with E-state index in [1.165, 1.54) is 24.3 Å². The molecule has 0 saturated carbocycles. The summed E-state index contributed by atoms with van der Waals surface area (Å²) in [7, 11) is 1.07. The van der Waals surface area contributed by atoms with E-state index in [-0.39, 0.29) is 24.5 Å². The van der Waals surface area contributed by atoms with Crippen LogP contribution in [0.25, 0.3) is 0 Å². The first-order valence-electron chi connectivity index (χ1n) is 10.7. The molecule has 3 aromatic rings. The zero-order valence-corrected chi connectivity index (χ0v) is 23.9. The summed E-state index contributed by atoms with van der Waals surface area (Å²) in [6.07, 6.45) is -5.48. The van der Waals surface area contributed by atoms with Crippen LogP contribution in [0.15, 0.2) is 60.7 Å². The Kier molecular flexibility index (Phi) is 10.1. The maximum atomic E-state index is 13.1. The summed E-state index contributed by atoms with van der Waals surface area (Å²) in [5.74, 6) is -2.48. The molecule has 8 nitrogen and oxygen atoms in total. The first-order valence-corrected chi connectivity index (χ1v) is 12.9. The average Bonchev–Trinajstić information content (AvgIpc) is 2.86. The standard InChI is InChI=1S/C25H20F3I2NO7/c1-36-23(34)21(12-15-10-19(29)22(33)20(30)11-15)31(38-24(35)25(26,27)28)13-14-2-6-17(7-3-14)37-18-8-4-16(32)5-9-18/h2-11,21,32-33H,12-13H2,1H3/t21-/m0/s1. The number of methoxy groups -OCH3 is 1. The lowest BCUT2D eigenvalue weighted by molar-refractivity contribution is -0.250. The molecule has 0 saturated heterocycles. The van der Waals surface area contributed by atoms with Crippen LogP contribution in [0, 0.1) is 7.14 Å². The van der Waals surface area contributed by atoms with Gasteiger partial charge in [-0.05, 0) is 105 Å². The maximum Gasteiger partial charge on any atom is 0.492 e. The number of rotatable bonds is 9. The molecule has 0 unspecified atom stereocenters.